The highest BCUT2D eigenvalue weighted by Crippen LogP contribution is 2.04. The normalized spacial score (nSPS) is 11.2. The molecule has 0 amide bonds. The van der Waals surface area contributed by atoms with Gasteiger partial charge in [0.25, 0.3) is 0 Å². The van der Waals surface area contributed by atoms with E-state index >= 15 is 0 Å². The molecule has 10 heteroatoms. The minimum Gasteiger partial charge on any atom is -0.467 e. The lowest BCUT2D eigenvalue weighted by Gasteiger charge is -2.22. The second-order valence-corrected chi connectivity index (χ2v) is 11.5. The SMILES string of the molecule is C=C(C)C(=O)OCCC[SiH](OC)OC.C=C(C)C(=O)OC[SiH2]C(OC(C)C)OC(C)C. The van der Waals surface area contributed by atoms with Crippen molar-refractivity contribution in [2.24, 2.45) is 0 Å². The molecular formula is C21H42O8Si2. The molecule has 0 aromatic carbocycles. The molecule has 0 heterocycles. The number of hydrogen-bond acceptors (Lipinski definition) is 8. The fourth-order valence-corrected chi connectivity index (χ4v) is 4.72. The van der Waals surface area contributed by atoms with Crippen LogP contribution in [0.1, 0.15) is 48.0 Å². The number of ether oxygens (including phenoxy) is 4. The molecular weight excluding hydrogens is 436 g/mol. The minimum atomic E-state index is -1.49. The van der Waals surface area contributed by atoms with Crippen molar-refractivity contribution in [1.29, 1.82) is 0 Å². The Labute approximate surface area is 191 Å². The molecule has 0 aliphatic rings. The Morgan fingerprint density at radius 3 is 1.71 bits per heavy atom. The smallest absolute Gasteiger partial charge is 0.333 e. The molecule has 31 heavy (non-hydrogen) atoms. The van der Waals surface area contributed by atoms with Crippen molar-refractivity contribution < 1.29 is 37.4 Å². The lowest BCUT2D eigenvalue weighted by atomic mass is 10.4. The van der Waals surface area contributed by atoms with Crippen LogP contribution in [-0.2, 0) is 37.4 Å². The summed E-state index contributed by atoms with van der Waals surface area (Å²) in [5.41, 5.74) is 0.849. The van der Waals surface area contributed by atoms with Crippen LogP contribution in [0.25, 0.3) is 0 Å². The van der Waals surface area contributed by atoms with E-state index in [9.17, 15) is 9.59 Å². The zero-order valence-corrected chi connectivity index (χ0v) is 23.1. The van der Waals surface area contributed by atoms with Gasteiger partial charge in [0.2, 0.25) is 0 Å². The first-order valence-electron chi connectivity index (χ1n) is 10.5. The van der Waals surface area contributed by atoms with Crippen LogP contribution < -0.4 is 0 Å². The molecule has 0 N–H and O–H groups in total. The van der Waals surface area contributed by atoms with Crippen LogP contribution in [0.2, 0.25) is 6.04 Å². The second kappa shape index (κ2) is 19.4. The summed E-state index contributed by atoms with van der Waals surface area (Å²) in [6.45, 7) is 18.5. The fraction of sp³-hybridized carbons (Fsp3) is 0.714. The van der Waals surface area contributed by atoms with Crippen LogP contribution in [0.4, 0.5) is 0 Å². The molecule has 0 aromatic rings. The lowest BCUT2D eigenvalue weighted by molar-refractivity contribution is -0.141. The van der Waals surface area contributed by atoms with Crippen LogP contribution >= 0.6 is 0 Å². The van der Waals surface area contributed by atoms with Crippen LogP contribution in [-0.4, -0.2) is 75.9 Å². The van der Waals surface area contributed by atoms with Crippen LogP contribution in [0.3, 0.4) is 0 Å². The third-order valence-electron chi connectivity index (χ3n) is 3.47. The van der Waals surface area contributed by atoms with E-state index < -0.39 is 18.8 Å². The summed E-state index contributed by atoms with van der Waals surface area (Å²) < 4.78 is 31.5. The number of rotatable bonds is 15. The van der Waals surface area contributed by atoms with E-state index in [1.807, 2.05) is 27.7 Å². The molecule has 0 saturated heterocycles. The van der Waals surface area contributed by atoms with E-state index in [1.54, 1.807) is 28.1 Å². The van der Waals surface area contributed by atoms with E-state index in [-0.39, 0.29) is 30.1 Å². The van der Waals surface area contributed by atoms with Crippen molar-refractivity contribution in [3.63, 3.8) is 0 Å². The van der Waals surface area contributed by atoms with E-state index in [2.05, 4.69) is 13.2 Å². The van der Waals surface area contributed by atoms with E-state index in [4.69, 9.17) is 27.8 Å². The van der Waals surface area contributed by atoms with Gasteiger partial charge in [0.05, 0.1) is 25.0 Å². The third-order valence-corrected chi connectivity index (χ3v) is 6.70. The monoisotopic (exact) mass is 478 g/mol. The van der Waals surface area contributed by atoms with Crippen molar-refractivity contribution in [1.82, 2.24) is 0 Å². The Kier molecular flexibility index (Phi) is 19.9. The van der Waals surface area contributed by atoms with Crippen LogP contribution in [0.5, 0.6) is 0 Å². The van der Waals surface area contributed by atoms with Crippen molar-refractivity contribution in [2.75, 3.05) is 27.1 Å². The second-order valence-electron chi connectivity index (χ2n) is 7.46. The van der Waals surface area contributed by atoms with Crippen molar-refractivity contribution in [3.05, 3.63) is 24.3 Å². The lowest BCUT2D eigenvalue weighted by Crippen LogP contribution is -2.33. The van der Waals surface area contributed by atoms with Crippen molar-refractivity contribution in [2.45, 2.75) is 72.1 Å². The molecule has 0 rings (SSSR count). The summed E-state index contributed by atoms with van der Waals surface area (Å²) >= 11 is 0. The zero-order chi connectivity index (χ0) is 24.4. The van der Waals surface area contributed by atoms with E-state index in [1.165, 1.54) is 0 Å². The first-order chi connectivity index (χ1) is 14.4. The molecule has 0 spiro atoms. The van der Waals surface area contributed by atoms with Gasteiger partial charge in [-0.3, -0.25) is 0 Å². The zero-order valence-electron chi connectivity index (χ0n) is 20.5. The quantitative estimate of drug-likeness (QED) is 0.117. The Balaban J connectivity index is 0. The molecule has 0 unspecified atom stereocenters. The van der Waals surface area contributed by atoms with Crippen LogP contribution in [0, 0.1) is 0 Å². The summed E-state index contributed by atoms with van der Waals surface area (Å²) in [7, 11) is 1.02. The first kappa shape index (κ1) is 31.9. The summed E-state index contributed by atoms with van der Waals surface area (Å²) in [6, 6.07) is 0.844. The summed E-state index contributed by atoms with van der Waals surface area (Å²) in [5, 5.41) is 0. The van der Waals surface area contributed by atoms with Gasteiger partial charge in [-0.05, 0) is 54.0 Å². The Bertz CT molecular complexity index is 523. The van der Waals surface area contributed by atoms with Gasteiger partial charge in [-0.2, -0.15) is 0 Å². The highest BCUT2D eigenvalue weighted by molar-refractivity contribution is 6.44. The molecule has 0 aliphatic carbocycles. The predicted octanol–water partition coefficient (Wildman–Crippen LogP) is 2.37. The molecule has 0 bridgehead atoms. The largest absolute Gasteiger partial charge is 0.467 e. The van der Waals surface area contributed by atoms with E-state index in [0.29, 0.717) is 24.0 Å². The summed E-state index contributed by atoms with van der Waals surface area (Å²) in [6.07, 6.45) is 1.42. The minimum absolute atomic E-state index is 0.114. The molecule has 0 atom stereocenters. The Morgan fingerprint density at radius 2 is 1.32 bits per heavy atom. The number of esters is 2. The van der Waals surface area contributed by atoms with Crippen LogP contribution in [0.15, 0.2) is 24.3 Å². The fourth-order valence-electron chi connectivity index (χ4n) is 2.02. The number of carbonyl (C=O) groups excluding carboxylic acids is 2. The van der Waals surface area contributed by atoms with Crippen molar-refractivity contribution >= 4 is 30.7 Å². The standard InChI is InChI=1S/C12H24O4Si.C9H18O4Si/c1-8(2)11(13)14-7-17-12(15-9(3)4)16-10(5)6;1-8(2)9(10)13-6-5-7-14(11-3)12-4/h9-10,12H,1,7,17H2,2-6H3;14H,1,5-7H2,2-4H3. The Hall–Kier alpha value is -1.31. The molecule has 8 nitrogen and oxygen atoms in total. The topological polar surface area (TPSA) is 89.5 Å². The van der Waals surface area contributed by atoms with Gasteiger partial charge in [0.15, 0.2) is 0 Å². The first-order valence-corrected chi connectivity index (χ1v) is 14.0. The van der Waals surface area contributed by atoms with Gasteiger partial charge in [0.1, 0.15) is 15.4 Å². The van der Waals surface area contributed by atoms with Gasteiger partial charge < -0.3 is 27.8 Å². The van der Waals surface area contributed by atoms with Gasteiger partial charge >= 0.3 is 21.2 Å². The number of hydrogen-bond donors (Lipinski definition) is 0. The Morgan fingerprint density at radius 1 is 0.871 bits per heavy atom. The van der Waals surface area contributed by atoms with E-state index in [0.717, 1.165) is 12.5 Å². The molecule has 0 aliphatic heterocycles. The number of carbonyl (C=O) groups is 2. The molecule has 0 fully saturated rings. The molecule has 182 valence electrons. The molecule has 0 saturated carbocycles. The van der Waals surface area contributed by atoms with Gasteiger partial charge in [-0.25, -0.2) is 9.59 Å². The predicted molar refractivity (Wildman–Crippen MR) is 127 cm³/mol. The third kappa shape index (κ3) is 20.4. The molecule has 0 radical (unpaired) electrons. The summed E-state index contributed by atoms with van der Waals surface area (Å²) in [4.78, 5) is 22.1. The van der Waals surface area contributed by atoms with Gasteiger partial charge in [-0.1, -0.05) is 13.2 Å². The van der Waals surface area contributed by atoms with Gasteiger partial charge in [-0.15, -0.1) is 0 Å². The highest BCUT2D eigenvalue weighted by atomic mass is 28.3. The van der Waals surface area contributed by atoms with Gasteiger partial charge in [0, 0.05) is 25.4 Å². The maximum Gasteiger partial charge on any atom is 0.333 e. The summed E-state index contributed by atoms with van der Waals surface area (Å²) in [5.74, 6) is -0.878. The maximum atomic E-state index is 11.2. The maximum absolute atomic E-state index is 11.2. The average Bonchev–Trinajstić information content (AvgIpc) is 2.67. The average molecular weight is 479 g/mol. The van der Waals surface area contributed by atoms with Crippen molar-refractivity contribution in [3.8, 4) is 0 Å². The highest BCUT2D eigenvalue weighted by Gasteiger charge is 2.15. The molecule has 0 aromatic heterocycles.